The van der Waals surface area contributed by atoms with Gasteiger partial charge in [-0.1, -0.05) is 5.16 Å². The molecule has 25 heavy (non-hydrogen) atoms. The van der Waals surface area contributed by atoms with E-state index in [9.17, 15) is 13.6 Å². The Morgan fingerprint density at radius 3 is 2.52 bits per heavy atom. The third-order valence-corrected chi connectivity index (χ3v) is 4.47. The van der Waals surface area contributed by atoms with Crippen molar-refractivity contribution in [3.05, 3.63) is 64.5 Å². The van der Waals surface area contributed by atoms with E-state index in [0.29, 0.717) is 29.1 Å². The number of aryl methyl sites for hydroxylation is 2. The minimum absolute atomic E-state index is 0.215. The highest BCUT2D eigenvalue weighted by molar-refractivity contribution is 6.02. The van der Waals surface area contributed by atoms with Crippen LogP contribution in [0.25, 0.3) is 22.3 Å². The monoisotopic (exact) mass is 340 g/mol. The van der Waals surface area contributed by atoms with Crippen molar-refractivity contribution in [2.24, 2.45) is 0 Å². The standard InChI is InChI=1S/C19H14F2N2O2/c1-9-18(10(2)25-23-9)14-5-11(6-15-16(14)8-22-19(15)24)13-4-3-12(20)7-17(13)21/h3-7H,8H2,1-2H3,(H,22,24). The number of rotatable bonds is 2. The minimum Gasteiger partial charge on any atom is -0.361 e. The molecule has 0 atom stereocenters. The lowest BCUT2D eigenvalue weighted by Crippen LogP contribution is -2.12. The van der Waals surface area contributed by atoms with Crippen molar-refractivity contribution in [3.63, 3.8) is 0 Å². The summed E-state index contributed by atoms with van der Waals surface area (Å²) in [5.41, 5.74) is 4.29. The summed E-state index contributed by atoms with van der Waals surface area (Å²) in [6.45, 7) is 3.99. The average molecular weight is 340 g/mol. The van der Waals surface area contributed by atoms with Gasteiger partial charge < -0.3 is 9.84 Å². The largest absolute Gasteiger partial charge is 0.361 e. The van der Waals surface area contributed by atoms with Crippen LogP contribution >= 0.6 is 0 Å². The summed E-state index contributed by atoms with van der Waals surface area (Å²) in [4.78, 5) is 12.2. The second-order valence-corrected chi connectivity index (χ2v) is 6.06. The molecule has 1 aromatic heterocycles. The molecule has 0 spiro atoms. The van der Waals surface area contributed by atoms with Gasteiger partial charge in [0.05, 0.1) is 5.69 Å². The van der Waals surface area contributed by atoms with Crippen LogP contribution in [0, 0.1) is 25.5 Å². The van der Waals surface area contributed by atoms with Crippen molar-refractivity contribution in [2.45, 2.75) is 20.4 Å². The predicted octanol–water partition coefficient (Wildman–Crippen LogP) is 4.15. The maximum Gasteiger partial charge on any atom is 0.251 e. The van der Waals surface area contributed by atoms with Crippen molar-refractivity contribution in [3.8, 4) is 22.3 Å². The lowest BCUT2D eigenvalue weighted by atomic mass is 9.91. The molecule has 1 aliphatic rings. The van der Waals surface area contributed by atoms with Crippen LogP contribution in [0.2, 0.25) is 0 Å². The minimum atomic E-state index is -0.678. The number of carbonyl (C=O) groups is 1. The summed E-state index contributed by atoms with van der Waals surface area (Å²) >= 11 is 0. The van der Waals surface area contributed by atoms with Gasteiger partial charge in [0, 0.05) is 29.3 Å². The van der Waals surface area contributed by atoms with E-state index in [-0.39, 0.29) is 11.5 Å². The van der Waals surface area contributed by atoms with Gasteiger partial charge in [0.25, 0.3) is 5.91 Å². The van der Waals surface area contributed by atoms with Crippen molar-refractivity contribution in [1.82, 2.24) is 10.5 Å². The van der Waals surface area contributed by atoms with Crippen LogP contribution in [-0.4, -0.2) is 11.1 Å². The zero-order valence-electron chi connectivity index (χ0n) is 13.6. The maximum atomic E-state index is 14.2. The second kappa shape index (κ2) is 5.51. The maximum absolute atomic E-state index is 14.2. The summed E-state index contributed by atoms with van der Waals surface area (Å²) in [6, 6.07) is 6.83. The van der Waals surface area contributed by atoms with E-state index in [2.05, 4.69) is 10.5 Å². The highest BCUT2D eigenvalue weighted by Gasteiger charge is 2.27. The third kappa shape index (κ3) is 2.41. The smallest absolute Gasteiger partial charge is 0.251 e. The summed E-state index contributed by atoms with van der Waals surface area (Å²) in [7, 11) is 0. The van der Waals surface area contributed by atoms with Crippen LogP contribution in [0.15, 0.2) is 34.9 Å². The van der Waals surface area contributed by atoms with E-state index < -0.39 is 11.6 Å². The number of fused-ring (bicyclic) bond motifs is 1. The molecule has 0 fully saturated rings. The average Bonchev–Trinajstić information content (AvgIpc) is 3.10. The van der Waals surface area contributed by atoms with Crippen LogP contribution < -0.4 is 5.32 Å². The number of amides is 1. The molecule has 0 unspecified atom stereocenters. The van der Waals surface area contributed by atoms with Gasteiger partial charge in [0.2, 0.25) is 0 Å². The van der Waals surface area contributed by atoms with Gasteiger partial charge in [-0.3, -0.25) is 4.79 Å². The summed E-state index contributed by atoms with van der Waals surface area (Å²) in [5, 5.41) is 6.75. The van der Waals surface area contributed by atoms with Gasteiger partial charge in [0.15, 0.2) is 0 Å². The number of hydrogen-bond acceptors (Lipinski definition) is 3. The van der Waals surface area contributed by atoms with E-state index in [1.165, 1.54) is 12.1 Å². The topological polar surface area (TPSA) is 55.1 Å². The van der Waals surface area contributed by atoms with Crippen LogP contribution in [0.5, 0.6) is 0 Å². The SMILES string of the molecule is Cc1noc(C)c1-c1cc(-c2ccc(F)cc2F)cc2c1CNC2=O. The molecule has 4 rings (SSSR count). The van der Waals surface area contributed by atoms with Crippen LogP contribution in [-0.2, 0) is 6.54 Å². The Morgan fingerprint density at radius 1 is 1.08 bits per heavy atom. The normalized spacial score (nSPS) is 13.0. The van der Waals surface area contributed by atoms with E-state index >= 15 is 0 Å². The van der Waals surface area contributed by atoms with Gasteiger partial charge in [0.1, 0.15) is 17.4 Å². The zero-order valence-corrected chi connectivity index (χ0v) is 13.6. The molecule has 0 aliphatic carbocycles. The number of aromatic nitrogens is 1. The molecular formula is C19H14F2N2O2. The van der Waals surface area contributed by atoms with Gasteiger partial charge in [-0.15, -0.1) is 0 Å². The Bertz CT molecular complexity index is 1010. The lowest BCUT2D eigenvalue weighted by Gasteiger charge is -2.11. The van der Waals surface area contributed by atoms with Gasteiger partial charge in [-0.05, 0) is 54.8 Å². The molecule has 2 aromatic carbocycles. The Balaban J connectivity index is 2.01. The lowest BCUT2D eigenvalue weighted by molar-refractivity contribution is 0.0966. The zero-order chi connectivity index (χ0) is 17.7. The highest BCUT2D eigenvalue weighted by Crippen LogP contribution is 2.38. The van der Waals surface area contributed by atoms with E-state index in [1.807, 2.05) is 6.92 Å². The molecule has 1 N–H and O–H groups in total. The summed E-state index contributed by atoms with van der Waals surface area (Å²) in [6.07, 6.45) is 0. The predicted molar refractivity (Wildman–Crippen MR) is 87.9 cm³/mol. The molecule has 0 saturated carbocycles. The summed E-state index contributed by atoms with van der Waals surface area (Å²) < 4.78 is 32.7. The van der Waals surface area contributed by atoms with Crippen LogP contribution in [0.3, 0.4) is 0 Å². The molecule has 1 aliphatic heterocycles. The quantitative estimate of drug-likeness (QED) is 0.762. The van der Waals surface area contributed by atoms with Crippen molar-refractivity contribution < 1.29 is 18.1 Å². The highest BCUT2D eigenvalue weighted by atomic mass is 19.1. The Hall–Kier alpha value is -3.02. The van der Waals surface area contributed by atoms with E-state index in [1.54, 1.807) is 19.1 Å². The molecule has 3 aromatic rings. The summed E-state index contributed by atoms with van der Waals surface area (Å²) in [5.74, 6) is -0.919. The van der Waals surface area contributed by atoms with Crippen molar-refractivity contribution >= 4 is 5.91 Å². The van der Waals surface area contributed by atoms with Gasteiger partial charge >= 0.3 is 0 Å². The fraction of sp³-hybridized carbons (Fsp3) is 0.158. The van der Waals surface area contributed by atoms with Crippen LogP contribution in [0.1, 0.15) is 27.4 Å². The van der Waals surface area contributed by atoms with Crippen LogP contribution in [0.4, 0.5) is 8.78 Å². The first-order valence-corrected chi connectivity index (χ1v) is 7.79. The fourth-order valence-corrected chi connectivity index (χ4v) is 3.30. The second-order valence-electron chi connectivity index (χ2n) is 6.06. The van der Waals surface area contributed by atoms with Gasteiger partial charge in [-0.25, -0.2) is 8.78 Å². The Morgan fingerprint density at radius 2 is 1.84 bits per heavy atom. The van der Waals surface area contributed by atoms with E-state index in [4.69, 9.17) is 4.52 Å². The molecule has 4 nitrogen and oxygen atoms in total. The molecule has 0 bridgehead atoms. The molecule has 126 valence electrons. The molecule has 6 heteroatoms. The third-order valence-electron chi connectivity index (χ3n) is 4.47. The Kier molecular flexibility index (Phi) is 3.42. The molecule has 0 radical (unpaired) electrons. The molecular weight excluding hydrogens is 326 g/mol. The Labute approximate surface area is 142 Å². The van der Waals surface area contributed by atoms with Crippen molar-refractivity contribution in [1.29, 1.82) is 0 Å². The first-order chi connectivity index (χ1) is 12.0. The number of hydrogen-bond donors (Lipinski definition) is 1. The first-order valence-electron chi connectivity index (χ1n) is 7.79. The molecule has 0 saturated heterocycles. The van der Waals surface area contributed by atoms with E-state index in [0.717, 1.165) is 22.8 Å². The number of benzene rings is 2. The fourth-order valence-electron chi connectivity index (χ4n) is 3.30. The molecule has 2 heterocycles. The van der Waals surface area contributed by atoms with Crippen molar-refractivity contribution in [2.75, 3.05) is 0 Å². The number of nitrogens with one attached hydrogen (secondary N) is 1. The molecule has 1 amide bonds. The number of nitrogens with zero attached hydrogens (tertiary/aromatic N) is 1. The number of halogens is 2. The number of carbonyl (C=O) groups excluding carboxylic acids is 1. The van der Waals surface area contributed by atoms with Gasteiger partial charge in [-0.2, -0.15) is 0 Å². The first kappa shape index (κ1) is 15.5.